The summed E-state index contributed by atoms with van der Waals surface area (Å²) in [6.07, 6.45) is -0.178. The number of para-hydroxylation sites is 2. The van der Waals surface area contributed by atoms with Gasteiger partial charge in [0.15, 0.2) is 5.78 Å². The maximum atomic E-state index is 13.3. The molecule has 0 fully saturated rings. The van der Waals surface area contributed by atoms with Gasteiger partial charge in [-0.25, -0.2) is 0 Å². The van der Waals surface area contributed by atoms with Crippen LogP contribution in [0.2, 0.25) is 0 Å². The van der Waals surface area contributed by atoms with Crippen LogP contribution < -0.4 is 10.1 Å². The Kier molecular flexibility index (Phi) is 6.99. The average Bonchev–Trinajstić information content (AvgIpc) is 3.41. The molecule has 8 heteroatoms. The molecule has 0 radical (unpaired) electrons. The number of rotatable bonds is 9. The van der Waals surface area contributed by atoms with Crippen LogP contribution >= 0.6 is 0 Å². The highest BCUT2D eigenvalue weighted by Crippen LogP contribution is 2.11. The predicted octanol–water partition coefficient (Wildman–Crippen LogP) is 4.47. The maximum absolute atomic E-state index is 13.3. The third-order valence-corrected chi connectivity index (χ3v) is 5.56. The fraction of sp³-hybridized carbons (Fsp3) is 0.0345. The number of nitrogens with one attached hydrogen (secondary N) is 1. The van der Waals surface area contributed by atoms with Gasteiger partial charge < -0.3 is 0 Å². The van der Waals surface area contributed by atoms with Gasteiger partial charge in [-0.05, 0) is 29.1 Å². The molecule has 0 aliphatic rings. The molecule has 0 aliphatic carbocycles. The summed E-state index contributed by atoms with van der Waals surface area (Å²) in [5.74, 6) is -0.283. The van der Waals surface area contributed by atoms with E-state index < -0.39 is 0 Å². The molecular formula is C29H23N6O2+. The van der Waals surface area contributed by atoms with E-state index in [1.54, 1.807) is 53.2 Å². The van der Waals surface area contributed by atoms with Gasteiger partial charge in [0, 0.05) is 16.3 Å². The van der Waals surface area contributed by atoms with E-state index in [1.165, 1.54) is 4.80 Å². The van der Waals surface area contributed by atoms with Crippen LogP contribution in [0.5, 0.6) is 0 Å². The summed E-state index contributed by atoms with van der Waals surface area (Å²) < 4.78 is 1.58. The zero-order chi connectivity index (χ0) is 25.5. The first-order chi connectivity index (χ1) is 18.2. The smallest absolute Gasteiger partial charge is 0.294 e. The molecule has 1 aromatic heterocycles. The van der Waals surface area contributed by atoms with Crippen molar-refractivity contribution in [1.82, 2.24) is 15.1 Å². The first-order valence-corrected chi connectivity index (χ1v) is 11.7. The third kappa shape index (κ3) is 5.54. The summed E-state index contributed by atoms with van der Waals surface area (Å²) in [6, 6.07) is 36.5. The molecule has 8 nitrogen and oxygen atoms in total. The zero-order valence-electron chi connectivity index (χ0n) is 19.8. The van der Waals surface area contributed by atoms with Crippen molar-refractivity contribution in [1.29, 1.82) is 0 Å². The molecule has 1 heterocycles. The van der Waals surface area contributed by atoms with E-state index in [4.69, 9.17) is 0 Å². The van der Waals surface area contributed by atoms with Gasteiger partial charge in [0.25, 0.3) is 0 Å². The molecule has 0 aliphatic heterocycles. The lowest BCUT2D eigenvalue weighted by Crippen LogP contribution is -2.36. The van der Waals surface area contributed by atoms with E-state index in [0.717, 1.165) is 11.4 Å². The first-order valence-electron chi connectivity index (χ1n) is 11.7. The summed E-state index contributed by atoms with van der Waals surface area (Å²) in [5.41, 5.74) is 5.40. The summed E-state index contributed by atoms with van der Waals surface area (Å²) in [4.78, 5) is 27.8. The van der Waals surface area contributed by atoms with Gasteiger partial charge in [-0.2, -0.15) is 5.43 Å². The van der Waals surface area contributed by atoms with Crippen LogP contribution in [0.25, 0.3) is 11.4 Å². The number of ketones is 2. The largest absolute Gasteiger partial charge is 0.426 e. The van der Waals surface area contributed by atoms with E-state index in [1.807, 2.05) is 72.8 Å². The molecular weight excluding hydrogens is 464 g/mol. The Balaban J connectivity index is 1.52. The van der Waals surface area contributed by atoms with E-state index in [2.05, 4.69) is 20.8 Å². The highest BCUT2D eigenvalue weighted by molar-refractivity contribution is 6.49. The number of hydrogen-bond acceptors (Lipinski definition) is 6. The van der Waals surface area contributed by atoms with Gasteiger partial charge in [-0.15, -0.1) is 5.10 Å². The van der Waals surface area contributed by atoms with Crippen molar-refractivity contribution in [2.75, 3.05) is 5.43 Å². The fourth-order valence-corrected chi connectivity index (χ4v) is 3.69. The van der Waals surface area contributed by atoms with Crippen molar-refractivity contribution in [3.8, 4) is 11.4 Å². The Hall–Kier alpha value is -5.24. The molecule has 0 bridgehead atoms. The average molecular weight is 488 g/mol. The molecule has 1 N–H and O–H groups in total. The maximum Gasteiger partial charge on any atom is 0.426 e. The lowest BCUT2D eigenvalue weighted by atomic mass is 10.00. The summed E-state index contributed by atoms with van der Waals surface area (Å²) in [7, 11) is 0. The van der Waals surface area contributed by atoms with Crippen LogP contribution in [-0.2, 0) is 0 Å². The van der Waals surface area contributed by atoms with Crippen LogP contribution in [0.4, 0.5) is 5.95 Å². The third-order valence-electron chi connectivity index (χ3n) is 5.56. The molecule has 5 aromatic rings. The number of nitrogens with zero attached hydrogens (tertiary/aromatic N) is 5. The number of benzene rings is 4. The van der Waals surface area contributed by atoms with E-state index in [-0.39, 0.29) is 29.6 Å². The highest BCUT2D eigenvalue weighted by atomic mass is 16.1. The Morgan fingerprint density at radius 3 is 1.89 bits per heavy atom. The number of tetrazole rings is 1. The van der Waals surface area contributed by atoms with Gasteiger partial charge >= 0.3 is 5.95 Å². The molecule has 37 heavy (non-hydrogen) atoms. The fourth-order valence-electron chi connectivity index (χ4n) is 3.69. The molecule has 180 valence electrons. The quantitative estimate of drug-likeness (QED) is 0.143. The molecule has 4 aromatic carbocycles. The minimum absolute atomic E-state index is 0.0638. The van der Waals surface area contributed by atoms with Crippen molar-refractivity contribution in [2.24, 2.45) is 5.10 Å². The summed E-state index contributed by atoms with van der Waals surface area (Å²) in [5, 5.41) is 13.5. The topological polar surface area (TPSA) is 93.1 Å². The molecule has 0 unspecified atom stereocenters. The second-order valence-corrected chi connectivity index (χ2v) is 8.12. The second-order valence-electron chi connectivity index (χ2n) is 8.12. The van der Waals surface area contributed by atoms with Gasteiger partial charge in [0.1, 0.15) is 17.1 Å². The number of aromatic nitrogens is 4. The van der Waals surface area contributed by atoms with Crippen molar-refractivity contribution in [3.63, 3.8) is 0 Å². The van der Waals surface area contributed by atoms with E-state index in [9.17, 15) is 9.59 Å². The first kappa shape index (κ1) is 23.5. The van der Waals surface area contributed by atoms with Crippen LogP contribution in [0.3, 0.4) is 0 Å². The minimum Gasteiger partial charge on any atom is -0.294 e. The standard InChI is InChI=1S/C29H22N6O2/c36-27(22-13-5-1-6-14-22)21-26(28(37)23-15-7-2-8-16-23)30-31-29-32-35(25-19-11-4-12-20-25)33-34(29)24-17-9-3-10-18-24/h1-20H,21H2/p+1. The normalized spacial score (nSPS) is 11.2. The Bertz CT molecular complexity index is 1530. The van der Waals surface area contributed by atoms with Crippen molar-refractivity contribution < 1.29 is 14.3 Å². The number of anilines is 1. The van der Waals surface area contributed by atoms with Crippen LogP contribution in [0.15, 0.2) is 126 Å². The number of Topliss-reactive ketones (excluding diaryl/α,β-unsaturated/α-hetero) is 2. The molecule has 5 rings (SSSR count). The van der Waals surface area contributed by atoms with Crippen molar-refractivity contribution in [3.05, 3.63) is 132 Å². The molecule has 0 saturated carbocycles. The van der Waals surface area contributed by atoms with Gasteiger partial charge in [0.05, 0.1) is 11.5 Å². The lowest BCUT2D eigenvalue weighted by molar-refractivity contribution is -0.647. The zero-order valence-corrected chi connectivity index (χ0v) is 19.8. The summed E-state index contributed by atoms with van der Waals surface area (Å²) in [6.45, 7) is 0. The SMILES string of the molecule is O=C(CC(=NNc1nn(-c2ccccc2)n[n+]1-c1ccccc1)C(=O)c1ccccc1)c1ccccc1. The lowest BCUT2D eigenvalue weighted by Gasteiger charge is -2.05. The van der Waals surface area contributed by atoms with Crippen molar-refractivity contribution in [2.45, 2.75) is 6.42 Å². The number of hydrogen-bond donors (Lipinski definition) is 1. The number of carbonyl (C=O) groups is 2. The van der Waals surface area contributed by atoms with Crippen LogP contribution in [0, 0.1) is 0 Å². The Labute approximate surface area is 213 Å². The van der Waals surface area contributed by atoms with E-state index in [0.29, 0.717) is 11.1 Å². The number of hydrazone groups is 1. The molecule has 0 spiro atoms. The number of carbonyl (C=O) groups excluding carboxylic acids is 2. The van der Waals surface area contributed by atoms with Gasteiger partial charge in [0.2, 0.25) is 5.78 Å². The van der Waals surface area contributed by atoms with E-state index >= 15 is 0 Å². The van der Waals surface area contributed by atoms with Crippen LogP contribution in [0.1, 0.15) is 27.1 Å². The summed E-state index contributed by atoms with van der Waals surface area (Å²) >= 11 is 0. The minimum atomic E-state index is -0.348. The molecule has 0 saturated heterocycles. The second kappa shape index (κ2) is 11.0. The molecule has 0 atom stereocenters. The predicted molar refractivity (Wildman–Crippen MR) is 140 cm³/mol. The van der Waals surface area contributed by atoms with Crippen molar-refractivity contribution >= 4 is 23.2 Å². The molecule has 0 amide bonds. The Morgan fingerprint density at radius 2 is 1.27 bits per heavy atom. The van der Waals surface area contributed by atoms with Crippen LogP contribution in [-0.4, -0.2) is 32.4 Å². The highest BCUT2D eigenvalue weighted by Gasteiger charge is 2.24. The Morgan fingerprint density at radius 1 is 0.730 bits per heavy atom. The monoisotopic (exact) mass is 487 g/mol. The van der Waals surface area contributed by atoms with Gasteiger partial charge in [-0.3, -0.25) is 9.59 Å². The van der Waals surface area contributed by atoms with Gasteiger partial charge in [-0.1, -0.05) is 102 Å².